The van der Waals surface area contributed by atoms with Crippen molar-refractivity contribution < 1.29 is 9.32 Å². The SMILES string of the molecule is Cc1nc(CCNC(=O)C2CCC(CN)CC2)no1. The highest BCUT2D eigenvalue weighted by Crippen LogP contribution is 2.28. The van der Waals surface area contributed by atoms with E-state index in [0.717, 1.165) is 32.2 Å². The van der Waals surface area contributed by atoms with Gasteiger partial charge in [-0.15, -0.1) is 0 Å². The van der Waals surface area contributed by atoms with Crippen molar-refractivity contribution in [1.82, 2.24) is 15.5 Å². The molecule has 2 rings (SSSR count). The van der Waals surface area contributed by atoms with Crippen LogP contribution in [0.3, 0.4) is 0 Å². The molecule has 0 atom stereocenters. The molecule has 1 fully saturated rings. The van der Waals surface area contributed by atoms with Gasteiger partial charge in [0.2, 0.25) is 11.8 Å². The summed E-state index contributed by atoms with van der Waals surface area (Å²) in [5.74, 6) is 2.10. The molecule has 0 saturated heterocycles. The normalized spacial score (nSPS) is 23.3. The van der Waals surface area contributed by atoms with Crippen molar-refractivity contribution >= 4 is 5.91 Å². The first-order valence-corrected chi connectivity index (χ1v) is 6.96. The topological polar surface area (TPSA) is 94.0 Å². The third kappa shape index (κ3) is 4.02. The fourth-order valence-electron chi connectivity index (χ4n) is 2.55. The summed E-state index contributed by atoms with van der Waals surface area (Å²) >= 11 is 0. The smallest absolute Gasteiger partial charge is 0.223 e. The van der Waals surface area contributed by atoms with E-state index in [2.05, 4.69) is 15.5 Å². The van der Waals surface area contributed by atoms with Gasteiger partial charge in [-0.2, -0.15) is 4.98 Å². The zero-order valence-corrected chi connectivity index (χ0v) is 11.4. The van der Waals surface area contributed by atoms with Crippen LogP contribution in [0.5, 0.6) is 0 Å². The van der Waals surface area contributed by atoms with Crippen molar-refractivity contribution in [3.8, 4) is 0 Å². The number of rotatable bonds is 5. The van der Waals surface area contributed by atoms with Crippen LogP contribution in [-0.4, -0.2) is 29.1 Å². The Labute approximate surface area is 113 Å². The minimum absolute atomic E-state index is 0.148. The maximum Gasteiger partial charge on any atom is 0.223 e. The number of hydrogen-bond acceptors (Lipinski definition) is 5. The van der Waals surface area contributed by atoms with Gasteiger partial charge in [-0.05, 0) is 38.1 Å². The van der Waals surface area contributed by atoms with Crippen molar-refractivity contribution in [3.63, 3.8) is 0 Å². The molecule has 1 saturated carbocycles. The van der Waals surface area contributed by atoms with E-state index in [4.69, 9.17) is 10.3 Å². The molecule has 106 valence electrons. The molecule has 1 aliphatic rings. The lowest BCUT2D eigenvalue weighted by atomic mass is 9.81. The zero-order chi connectivity index (χ0) is 13.7. The van der Waals surface area contributed by atoms with Gasteiger partial charge in [0.15, 0.2) is 5.82 Å². The third-order valence-corrected chi connectivity index (χ3v) is 3.77. The first-order chi connectivity index (χ1) is 9.19. The van der Waals surface area contributed by atoms with E-state index in [1.165, 1.54) is 0 Å². The highest BCUT2D eigenvalue weighted by Gasteiger charge is 2.25. The first kappa shape index (κ1) is 14.0. The van der Waals surface area contributed by atoms with E-state index in [1.54, 1.807) is 6.92 Å². The summed E-state index contributed by atoms with van der Waals surface area (Å²) in [5.41, 5.74) is 5.65. The Morgan fingerprint density at radius 3 is 2.74 bits per heavy atom. The van der Waals surface area contributed by atoms with Crippen LogP contribution >= 0.6 is 0 Å². The number of aryl methyl sites for hydroxylation is 1. The highest BCUT2D eigenvalue weighted by atomic mass is 16.5. The maximum atomic E-state index is 12.0. The molecule has 0 aliphatic heterocycles. The van der Waals surface area contributed by atoms with E-state index in [-0.39, 0.29) is 11.8 Å². The fraction of sp³-hybridized carbons (Fsp3) is 0.769. The molecule has 1 amide bonds. The Balaban J connectivity index is 1.67. The highest BCUT2D eigenvalue weighted by molar-refractivity contribution is 5.78. The summed E-state index contributed by atoms with van der Waals surface area (Å²) in [6, 6.07) is 0. The van der Waals surface area contributed by atoms with Gasteiger partial charge in [0, 0.05) is 25.8 Å². The number of nitrogens with zero attached hydrogens (tertiary/aromatic N) is 2. The molecule has 0 bridgehead atoms. The first-order valence-electron chi connectivity index (χ1n) is 6.96. The van der Waals surface area contributed by atoms with Gasteiger partial charge in [-0.25, -0.2) is 0 Å². The molecule has 0 unspecified atom stereocenters. The lowest BCUT2D eigenvalue weighted by Crippen LogP contribution is -2.35. The standard InChI is InChI=1S/C13H22N4O2/c1-9-16-12(17-19-9)6-7-15-13(18)11-4-2-10(8-14)3-5-11/h10-11H,2-8,14H2,1H3,(H,15,18). The van der Waals surface area contributed by atoms with Crippen LogP contribution in [0.25, 0.3) is 0 Å². The van der Waals surface area contributed by atoms with Crippen molar-refractivity contribution in [2.45, 2.75) is 39.0 Å². The molecule has 6 nitrogen and oxygen atoms in total. The van der Waals surface area contributed by atoms with E-state index >= 15 is 0 Å². The Hall–Kier alpha value is -1.43. The minimum Gasteiger partial charge on any atom is -0.355 e. The molecule has 1 aliphatic carbocycles. The van der Waals surface area contributed by atoms with Gasteiger partial charge < -0.3 is 15.6 Å². The summed E-state index contributed by atoms with van der Waals surface area (Å²) in [4.78, 5) is 16.1. The Bertz CT molecular complexity index is 411. The average molecular weight is 266 g/mol. The molecule has 0 spiro atoms. The third-order valence-electron chi connectivity index (χ3n) is 3.77. The Morgan fingerprint density at radius 1 is 1.42 bits per heavy atom. The van der Waals surface area contributed by atoms with Gasteiger partial charge in [0.1, 0.15) is 0 Å². The van der Waals surface area contributed by atoms with Crippen LogP contribution in [0.1, 0.15) is 37.4 Å². The number of carbonyl (C=O) groups excluding carboxylic acids is 1. The van der Waals surface area contributed by atoms with Crippen LogP contribution in [-0.2, 0) is 11.2 Å². The molecule has 1 heterocycles. The predicted octanol–water partition coefficient (Wildman–Crippen LogP) is 0.802. The van der Waals surface area contributed by atoms with Crippen molar-refractivity contribution in [2.24, 2.45) is 17.6 Å². The predicted molar refractivity (Wildman–Crippen MR) is 70.3 cm³/mol. The zero-order valence-electron chi connectivity index (χ0n) is 11.4. The molecule has 1 aromatic heterocycles. The minimum atomic E-state index is 0.148. The molecule has 6 heteroatoms. The number of nitrogens with one attached hydrogen (secondary N) is 1. The fourth-order valence-corrected chi connectivity index (χ4v) is 2.55. The number of amides is 1. The molecule has 1 aromatic rings. The summed E-state index contributed by atoms with van der Waals surface area (Å²) < 4.78 is 4.88. The molecular formula is C13H22N4O2. The van der Waals surface area contributed by atoms with Gasteiger partial charge in [-0.1, -0.05) is 5.16 Å². The second-order valence-corrected chi connectivity index (χ2v) is 5.22. The number of nitrogens with two attached hydrogens (primary N) is 1. The van der Waals surface area contributed by atoms with E-state index < -0.39 is 0 Å². The van der Waals surface area contributed by atoms with Crippen LogP contribution in [0.4, 0.5) is 0 Å². The van der Waals surface area contributed by atoms with Gasteiger partial charge >= 0.3 is 0 Å². The second-order valence-electron chi connectivity index (χ2n) is 5.22. The van der Waals surface area contributed by atoms with Crippen LogP contribution in [0.2, 0.25) is 0 Å². The van der Waals surface area contributed by atoms with Crippen LogP contribution < -0.4 is 11.1 Å². The van der Waals surface area contributed by atoms with Crippen molar-refractivity contribution in [1.29, 1.82) is 0 Å². The summed E-state index contributed by atoms with van der Waals surface area (Å²) in [7, 11) is 0. The molecule has 3 N–H and O–H groups in total. The Kier molecular flexibility index (Phi) is 4.90. The van der Waals surface area contributed by atoms with Gasteiger partial charge in [0.05, 0.1) is 0 Å². The Morgan fingerprint density at radius 2 is 2.16 bits per heavy atom. The molecule has 19 heavy (non-hydrogen) atoms. The van der Waals surface area contributed by atoms with Crippen molar-refractivity contribution in [3.05, 3.63) is 11.7 Å². The van der Waals surface area contributed by atoms with E-state index in [9.17, 15) is 4.79 Å². The second kappa shape index (κ2) is 6.65. The summed E-state index contributed by atoms with van der Waals surface area (Å²) in [6.07, 6.45) is 4.66. The lowest BCUT2D eigenvalue weighted by molar-refractivity contribution is -0.126. The largest absolute Gasteiger partial charge is 0.355 e. The van der Waals surface area contributed by atoms with Gasteiger partial charge in [-0.3, -0.25) is 4.79 Å². The summed E-state index contributed by atoms with van der Waals surface area (Å²) in [5, 5.41) is 6.75. The van der Waals surface area contributed by atoms with Crippen molar-refractivity contribution in [2.75, 3.05) is 13.1 Å². The van der Waals surface area contributed by atoms with E-state index in [1.807, 2.05) is 0 Å². The maximum absolute atomic E-state index is 12.0. The van der Waals surface area contributed by atoms with E-state index in [0.29, 0.717) is 30.6 Å². The van der Waals surface area contributed by atoms with Gasteiger partial charge in [0.25, 0.3) is 0 Å². The number of hydrogen-bond donors (Lipinski definition) is 2. The number of aromatic nitrogens is 2. The number of carbonyl (C=O) groups is 1. The molecule has 0 aromatic carbocycles. The van der Waals surface area contributed by atoms with Crippen LogP contribution in [0.15, 0.2) is 4.52 Å². The lowest BCUT2D eigenvalue weighted by Gasteiger charge is -2.26. The van der Waals surface area contributed by atoms with Crippen LogP contribution in [0, 0.1) is 18.8 Å². The molecular weight excluding hydrogens is 244 g/mol. The monoisotopic (exact) mass is 266 g/mol. The molecule has 0 radical (unpaired) electrons. The summed E-state index contributed by atoms with van der Waals surface area (Å²) in [6.45, 7) is 3.06. The average Bonchev–Trinajstić information content (AvgIpc) is 2.84. The quantitative estimate of drug-likeness (QED) is 0.822.